The molecule has 1 saturated carbocycles. The molecule has 0 spiro atoms. The Hall–Kier alpha value is -1.19. The van der Waals surface area contributed by atoms with Crippen molar-refractivity contribution >= 4 is 11.6 Å². The first-order valence-electron chi connectivity index (χ1n) is 7.69. The van der Waals surface area contributed by atoms with Gasteiger partial charge in [0, 0.05) is 12.6 Å². The van der Waals surface area contributed by atoms with E-state index in [4.69, 9.17) is 21.1 Å². The maximum absolute atomic E-state index is 6.41. The van der Waals surface area contributed by atoms with Gasteiger partial charge in [-0.1, -0.05) is 17.7 Å². The van der Waals surface area contributed by atoms with Gasteiger partial charge in [0.25, 0.3) is 0 Å². The van der Waals surface area contributed by atoms with Crippen molar-refractivity contribution in [1.29, 1.82) is 0 Å². The molecule has 1 N–H and O–H groups in total. The monoisotopic (exact) mass is 307 g/mol. The Morgan fingerprint density at radius 1 is 1.29 bits per heavy atom. The summed E-state index contributed by atoms with van der Waals surface area (Å²) in [6, 6.07) is 4.67. The van der Waals surface area contributed by atoms with Gasteiger partial charge in [-0.05, 0) is 55.9 Å². The van der Waals surface area contributed by atoms with Crippen LogP contribution in [0.1, 0.15) is 37.7 Å². The number of ether oxygens (including phenoxy) is 2. The molecule has 1 aromatic carbocycles. The van der Waals surface area contributed by atoms with E-state index in [0.717, 1.165) is 31.4 Å². The minimum atomic E-state index is 0.0978. The van der Waals surface area contributed by atoms with Crippen molar-refractivity contribution in [2.24, 2.45) is 0 Å². The lowest BCUT2D eigenvalue weighted by atomic mass is 10.1. The SMILES string of the molecule is COc1cc(CNC2CC2)cc(Cl)c1OC1C=CCCC1. The van der Waals surface area contributed by atoms with Gasteiger partial charge in [0.1, 0.15) is 6.10 Å². The van der Waals surface area contributed by atoms with Gasteiger partial charge in [0.15, 0.2) is 11.5 Å². The zero-order valence-electron chi connectivity index (χ0n) is 12.4. The first kappa shape index (κ1) is 14.7. The van der Waals surface area contributed by atoms with E-state index < -0.39 is 0 Å². The number of hydrogen-bond acceptors (Lipinski definition) is 3. The fraction of sp³-hybridized carbons (Fsp3) is 0.529. The second-order valence-corrected chi connectivity index (χ2v) is 6.19. The lowest BCUT2D eigenvalue weighted by Gasteiger charge is -2.21. The van der Waals surface area contributed by atoms with Crippen molar-refractivity contribution in [1.82, 2.24) is 5.32 Å². The molecule has 2 aliphatic carbocycles. The first-order valence-corrected chi connectivity index (χ1v) is 8.07. The summed E-state index contributed by atoms with van der Waals surface area (Å²) < 4.78 is 11.5. The molecule has 2 aliphatic rings. The summed E-state index contributed by atoms with van der Waals surface area (Å²) in [6.07, 6.45) is 10.3. The molecule has 0 aliphatic heterocycles. The zero-order chi connectivity index (χ0) is 14.7. The molecule has 0 radical (unpaired) electrons. The van der Waals surface area contributed by atoms with Gasteiger partial charge in [-0.3, -0.25) is 0 Å². The van der Waals surface area contributed by atoms with Crippen LogP contribution in [0.4, 0.5) is 0 Å². The van der Waals surface area contributed by atoms with Crippen molar-refractivity contribution in [3.63, 3.8) is 0 Å². The minimum absolute atomic E-state index is 0.0978. The zero-order valence-corrected chi connectivity index (χ0v) is 13.2. The second-order valence-electron chi connectivity index (χ2n) is 5.78. The van der Waals surface area contributed by atoms with E-state index in [-0.39, 0.29) is 6.10 Å². The van der Waals surface area contributed by atoms with Crippen molar-refractivity contribution in [3.05, 3.63) is 34.9 Å². The van der Waals surface area contributed by atoms with Gasteiger partial charge in [-0.25, -0.2) is 0 Å². The number of halogens is 1. The fourth-order valence-corrected chi connectivity index (χ4v) is 2.85. The van der Waals surface area contributed by atoms with E-state index >= 15 is 0 Å². The quantitative estimate of drug-likeness (QED) is 0.803. The first-order chi connectivity index (χ1) is 10.3. The Morgan fingerprint density at radius 3 is 2.81 bits per heavy atom. The number of allylic oxidation sites excluding steroid dienone is 1. The molecule has 1 aromatic rings. The third-order valence-electron chi connectivity index (χ3n) is 3.94. The van der Waals surface area contributed by atoms with Gasteiger partial charge >= 0.3 is 0 Å². The van der Waals surface area contributed by atoms with E-state index in [9.17, 15) is 0 Å². The molecule has 0 aromatic heterocycles. The van der Waals surface area contributed by atoms with E-state index in [1.54, 1.807) is 7.11 Å². The largest absolute Gasteiger partial charge is 0.493 e. The smallest absolute Gasteiger partial charge is 0.180 e. The Kier molecular flexibility index (Phi) is 4.71. The molecule has 21 heavy (non-hydrogen) atoms. The topological polar surface area (TPSA) is 30.5 Å². The molecule has 0 bridgehead atoms. The number of methoxy groups -OCH3 is 1. The molecule has 3 rings (SSSR count). The molecule has 1 atom stereocenters. The third kappa shape index (κ3) is 3.92. The summed E-state index contributed by atoms with van der Waals surface area (Å²) in [5.74, 6) is 1.37. The molecule has 1 unspecified atom stereocenters. The van der Waals surface area contributed by atoms with Crippen LogP contribution in [0.15, 0.2) is 24.3 Å². The van der Waals surface area contributed by atoms with Gasteiger partial charge in [0.05, 0.1) is 12.1 Å². The van der Waals surface area contributed by atoms with Crippen molar-refractivity contribution in [3.8, 4) is 11.5 Å². The van der Waals surface area contributed by atoms with Crippen LogP contribution in [0.2, 0.25) is 5.02 Å². The number of nitrogens with one attached hydrogen (secondary N) is 1. The van der Waals surface area contributed by atoms with Crippen LogP contribution in [0.3, 0.4) is 0 Å². The molecule has 0 amide bonds. The van der Waals surface area contributed by atoms with Gasteiger partial charge in [-0.15, -0.1) is 0 Å². The summed E-state index contributed by atoms with van der Waals surface area (Å²) in [5, 5.41) is 4.11. The van der Waals surface area contributed by atoms with Crippen LogP contribution in [-0.4, -0.2) is 19.3 Å². The molecular weight excluding hydrogens is 286 g/mol. The van der Waals surface area contributed by atoms with Crippen molar-refractivity contribution in [2.75, 3.05) is 7.11 Å². The van der Waals surface area contributed by atoms with Crippen LogP contribution in [0, 0.1) is 0 Å². The van der Waals surface area contributed by atoms with Crippen LogP contribution in [-0.2, 0) is 6.54 Å². The highest BCUT2D eigenvalue weighted by atomic mass is 35.5. The highest BCUT2D eigenvalue weighted by Gasteiger charge is 2.21. The predicted molar refractivity (Wildman–Crippen MR) is 85.3 cm³/mol. The summed E-state index contributed by atoms with van der Waals surface area (Å²) >= 11 is 6.41. The van der Waals surface area contributed by atoms with Crippen molar-refractivity contribution in [2.45, 2.75) is 50.8 Å². The highest BCUT2D eigenvalue weighted by Crippen LogP contribution is 2.38. The summed E-state index contributed by atoms with van der Waals surface area (Å²) in [6.45, 7) is 0.824. The predicted octanol–water partition coefficient (Wildman–Crippen LogP) is 4.09. The van der Waals surface area contributed by atoms with Crippen LogP contribution >= 0.6 is 11.6 Å². The number of hydrogen-bond donors (Lipinski definition) is 1. The highest BCUT2D eigenvalue weighted by molar-refractivity contribution is 6.32. The molecule has 0 heterocycles. The van der Waals surface area contributed by atoms with E-state index in [2.05, 4.69) is 17.5 Å². The maximum Gasteiger partial charge on any atom is 0.180 e. The Bertz CT molecular complexity index is 526. The van der Waals surface area contributed by atoms with Crippen LogP contribution in [0.25, 0.3) is 0 Å². The lowest BCUT2D eigenvalue weighted by molar-refractivity contribution is 0.219. The third-order valence-corrected chi connectivity index (χ3v) is 4.22. The summed E-state index contributed by atoms with van der Waals surface area (Å²) in [4.78, 5) is 0. The van der Waals surface area contributed by atoms with Crippen LogP contribution < -0.4 is 14.8 Å². The van der Waals surface area contributed by atoms with Crippen LogP contribution in [0.5, 0.6) is 11.5 Å². The molecule has 1 fully saturated rings. The molecule has 0 saturated heterocycles. The Balaban J connectivity index is 1.74. The minimum Gasteiger partial charge on any atom is -0.493 e. The Labute approximate surface area is 131 Å². The number of benzene rings is 1. The molecule has 4 heteroatoms. The van der Waals surface area contributed by atoms with E-state index in [1.165, 1.54) is 12.8 Å². The summed E-state index contributed by atoms with van der Waals surface area (Å²) in [7, 11) is 1.66. The number of rotatable bonds is 6. The molecule has 114 valence electrons. The van der Waals surface area contributed by atoms with Gasteiger partial charge in [0.2, 0.25) is 0 Å². The standard InChI is InChI=1S/C17H22ClNO2/c1-20-16-10-12(11-19-13-7-8-13)9-15(18)17(16)21-14-5-3-2-4-6-14/h3,5,9-10,13-14,19H,2,4,6-8,11H2,1H3. The average Bonchev–Trinajstić information content (AvgIpc) is 3.32. The van der Waals surface area contributed by atoms with E-state index in [1.807, 2.05) is 12.1 Å². The second kappa shape index (κ2) is 6.71. The van der Waals surface area contributed by atoms with E-state index in [0.29, 0.717) is 22.6 Å². The van der Waals surface area contributed by atoms with Crippen molar-refractivity contribution < 1.29 is 9.47 Å². The van der Waals surface area contributed by atoms with Gasteiger partial charge in [-0.2, -0.15) is 0 Å². The fourth-order valence-electron chi connectivity index (χ4n) is 2.57. The average molecular weight is 308 g/mol. The van der Waals surface area contributed by atoms with Gasteiger partial charge < -0.3 is 14.8 Å². The Morgan fingerprint density at radius 2 is 2.14 bits per heavy atom. The normalized spacial score (nSPS) is 21.3. The molecular formula is C17H22ClNO2. The summed E-state index contributed by atoms with van der Waals surface area (Å²) in [5.41, 5.74) is 1.13. The lowest BCUT2D eigenvalue weighted by Crippen LogP contribution is -2.17. The maximum atomic E-state index is 6.41. The molecule has 3 nitrogen and oxygen atoms in total.